The van der Waals surface area contributed by atoms with Crippen LogP contribution in [0.5, 0.6) is 0 Å². The van der Waals surface area contributed by atoms with Crippen molar-refractivity contribution in [2.75, 3.05) is 6.54 Å². The molecule has 2 rings (SSSR count). The van der Waals surface area contributed by atoms with Crippen LogP contribution >= 0.6 is 11.3 Å². The molecule has 0 radical (unpaired) electrons. The summed E-state index contributed by atoms with van der Waals surface area (Å²) in [7, 11) is 0. The number of fused-ring (bicyclic) bond motifs is 1. The molecule has 14 heavy (non-hydrogen) atoms. The molecule has 70 valence electrons. The standard InChI is InChI=1S/C11H10N2S/c1-12-8-4-7-11-13-9-5-2-3-6-10(9)14-11/h2-3,5-6H,4,7-8H2. The first-order chi connectivity index (χ1) is 6.90. The number of aryl methyl sites for hydroxylation is 1. The predicted octanol–water partition coefficient (Wildman–Crippen LogP) is 3.15. The van der Waals surface area contributed by atoms with Gasteiger partial charge in [-0.3, -0.25) is 0 Å². The van der Waals surface area contributed by atoms with Crippen molar-refractivity contribution in [3.63, 3.8) is 0 Å². The SMILES string of the molecule is [C-]#[N+]CCCc1nc2ccccc2s1. The lowest BCUT2D eigenvalue weighted by Gasteiger charge is -1.86. The maximum atomic E-state index is 6.68. The van der Waals surface area contributed by atoms with E-state index in [1.54, 1.807) is 11.3 Å². The second kappa shape index (κ2) is 4.21. The number of aromatic nitrogens is 1. The number of nitrogens with zero attached hydrogens (tertiary/aromatic N) is 2. The minimum Gasteiger partial charge on any atom is -0.317 e. The third-order valence-electron chi connectivity index (χ3n) is 2.00. The molecule has 2 nitrogen and oxygen atoms in total. The third-order valence-corrected chi connectivity index (χ3v) is 3.09. The minimum atomic E-state index is 0.607. The lowest BCUT2D eigenvalue weighted by Crippen LogP contribution is -1.84. The average molecular weight is 202 g/mol. The Hall–Kier alpha value is -1.40. The number of rotatable bonds is 3. The summed E-state index contributed by atoms with van der Waals surface area (Å²) in [6.07, 6.45) is 1.85. The van der Waals surface area contributed by atoms with E-state index in [2.05, 4.69) is 15.9 Å². The maximum absolute atomic E-state index is 6.68. The van der Waals surface area contributed by atoms with E-state index >= 15 is 0 Å². The Morgan fingerprint density at radius 2 is 2.21 bits per heavy atom. The molecular weight excluding hydrogens is 192 g/mol. The Morgan fingerprint density at radius 1 is 1.36 bits per heavy atom. The normalized spacial score (nSPS) is 10.2. The van der Waals surface area contributed by atoms with Gasteiger partial charge in [-0.15, -0.1) is 11.3 Å². The van der Waals surface area contributed by atoms with Crippen molar-refractivity contribution in [1.29, 1.82) is 0 Å². The van der Waals surface area contributed by atoms with Crippen LogP contribution < -0.4 is 0 Å². The summed E-state index contributed by atoms with van der Waals surface area (Å²) < 4.78 is 1.24. The van der Waals surface area contributed by atoms with Crippen LogP contribution in [-0.4, -0.2) is 11.5 Å². The Labute approximate surface area is 87.0 Å². The highest BCUT2D eigenvalue weighted by Gasteiger charge is 2.02. The number of benzene rings is 1. The van der Waals surface area contributed by atoms with Crippen molar-refractivity contribution in [2.24, 2.45) is 0 Å². The zero-order valence-corrected chi connectivity index (χ0v) is 8.55. The molecule has 0 aliphatic rings. The Bertz CT molecular complexity index is 434. The van der Waals surface area contributed by atoms with Crippen LogP contribution in [0, 0.1) is 6.57 Å². The van der Waals surface area contributed by atoms with Crippen molar-refractivity contribution in [3.8, 4) is 0 Å². The van der Waals surface area contributed by atoms with Crippen LogP contribution in [0.15, 0.2) is 24.3 Å². The van der Waals surface area contributed by atoms with E-state index < -0.39 is 0 Å². The van der Waals surface area contributed by atoms with E-state index in [-0.39, 0.29) is 0 Å². The molecule has 0 unspecified atom stereocenters. The highest BCUT2D eigenvalue weighted by atomic mass is 32.1. The van der Waals surface area contributed by atoms with Crippen LogP contribution in [0.3, 0.4) is 0 Å². The van der Waals surface area contributed by atoms with Gasteiger partial charge >= 0.3 is 0 Å². The molecule has 0 spiro atoms. The molecule has 0 fully saturated rings. The minimum absolute atomic E-state index is 0.607. The van der Waals surface area contributed by atoms with Crippen molar-refractivity contribution in [2.45, 2.75) is 12.8 Å². The van der Waals surface area contributed by atoms with Crippen molar-refractivity contribution < 1.29 is 0 Å². The highest BCUT2D eigenvalue weighted by Crippen LogP contribution is 2.22. The zero-order valence-electron chi connectivity index (χ0n) is 7.73. The lowest BCUT2D eigenvalue weighted by atomic mass is 10.3. The molecule has 0 saturated heterocycles. The second-order valence-corrected chi connectivity index (χ2v) is 4.18. The number of para-hydroxylation sites is 1. The summed E-state index contributed by atoms with van der Waals surface area (Å²) in [6.45, 7) is 7.29. The summed E-state index contributed by atoms with van der Waals surface area (Å²) in [4.78, 5) is 7.83. The molecule has 1 heterocycles. The molecule has 0 aliphatic carbocycles. The van der Waals surface area contributed by atoms with E-state index in [1.807, 2.05) is 18.2 Å². The molecular formula is C11H10N2S. The summed E-state index contributed by atoms with van der Waals surface area (Å²) in [6, 6.07) is 8.16. The molecule has 1 aromatic carbocycles. The van der Waals surface area contributed by atoms with E-state index in [1.165, 1.54) is 4.70 Å². The first kappa shape index (κ1) is 9.17. The van der Waals surface area contributed by atoms with Gasteiger partial charge in [0, 0.05) is 12.8 Å². The van der Waals surface area contributed by atoms with Crippen LogP contribution in [-0.2, 0) is 6.42 Å². The van der Waals surface area contributed by atoms with Crippen LogP contribution in [0.4, 0.5) is 0 Å². The van der Waals surface area contributed by atoms with Gasteiger partial charge < -0.3 is 4.85 Å². The summed E-state index contributed by atoms with van der Waals surface area (Å²) >= 11 is 1.73. The van der Waals surface area contributed by atoms with Gasteiger partial charge in [0.2, 0.25) is 6.54 Å². The molecule has 0 bridgehead atoms. The zero-order chi connectivity index (χ0) is 9.80. The largest absolute Gasteiger partial charge is 0.317 e. The van der Waals surface area contributed by atoms with Gasteiger partial charge in [-0.2, -0.15) is 0 Å². The number of thiazole rings is 1. The number of hydrogen-bond donors (Lipinski definition) is 0. The second-order valence-electron chi connectivity index (χ2n) is 3.06. The molecule has 0 amide bonds. The molecule has 1 aromatic heterocycles. The first-order valence-electron chi connectivity index (χ1n) is 4.58. The Kier molecular flexibility index (Phi) is 2.76. The average Bonchev–Trinajstić information content (AvgIpc) is 2.60. The lowest BCUT2D eigenvalue weighted by molar-refractivity contribution is 0.884. The Morgan fingerprint density at radius 3 is 3.00 bits per heavy atom. The van der Waals surface area contributed by atoms with E-state index in [0.29, 0.717) is 6.54 Å². The first-order valence-corrected chi connectivity index (χ1v) is 5.39. The molecule has 0 saturated carbocycles. The maximum Gasteiger partial charge on any atom is 0.215 e. The fraction of sp³-hybridized carbons (Fsp3) is 0.273. The van der Waals surface area contributed by atoms with E-state index in [9.17, 15) is 0 Å². The fourth-order valence-corrected chi connectivity index (χ4v) is 2.35. The van der Waals surface area contributed by atoms with Gasteiger partial charge in [0.25, 0.3) is 0 Å². The molecule has 3 heteroatoms. The van der Waals surface area contributed by atoms with Crippen molar-refractivity contribution in [1.82, 2.24) is 4.98 Å². The molecule has 0 N–H and O–H groups in total. The molecule has 0 atom stereocenters. The van der Waals surface area contributed by atoms with Crippen LogP contribution in [0.2, 0.25) is 0 Å². The van der Waals surface area contributed by atoms with Gasteiger partial charge in [0.05, 0.1) is 15.2 Å². The van der Waals surface area contributed by atoms with Gasteiger partial charge in [0.1, 0.15) is 0 Å². The summed E-state index contributed by atoms with van der Waals surface area (Å²) in [5.41, 5.74) is 1.08. The smallest absolute Gasteiger partial charge is 0.215 e. The van der Waals surface area contributed by atoms with Crippen molar-refractivity contribution >= 4 is 21.6 Å². The quantitative estimate of drug-likeness (QED) is 0.552. The molecule has 2 aromatic rings. The molecule has 0 aliphatic heterocycles. The van der Waals surface area contributed by atoms with E-state index in [0.717, 1.165) is 23.4 Å². The van der Waals surface area contributed by atoms with Gasteiger partial charge in [-0.05, 0) is 12.1 Å². The van der Waals surface area contributed by atoms with Crippen LogP contribution in [0.25, 0.3) is 15.1 Å². The Balaban J connectivity index is 2.15. The van der Waals surface area contributed by atoms with Gasteiger partial charge in [-0.25, -0.2) is 11.6 Å². The van der Waals surface area contributed by atoms with Crippen molar-refractivity contribution in [3.05, 3.63) is 40.7 Å². The third kappa shape index (κ3) is 1.91. The van der Waals surface area contributed by atoms with Gasteiger partial charge in [-0.1, -0.05) is 12.1 Å². The monoisotopic (exact) mass is 202 g/mol. The number of hydrogen-bond acceptors (Lipinski definition) is 2. The van der Waals surface area contributed by atoms with E-state index in [4.69, 9.17) is 6.57 Å². The topological polar surface area (TPSA) is 17.2 Å². The predicted molar refractivity (Wildman–Crippen MR) is 59.4 cm³/mol. The fourth-order valence-electron chi connectivity index (χ4n) is 1.34. The summed E-state index contributed by atoms with van der Waals surface area (Å²) in [5.74, 6) is 0. The van der Waals surface area contributed by atoms with Gasteiger partial charge in [0.15, 0.2) is 0 Å². The van der Waals surface area contributed by atoms with Crippen LogP contribution in [0.1, 0.15) is 11.4 Å². The summed E-state index contributed by atoms with van der Waals surface area (Å²) in [5, 5.41) is 1.15. The highest BCUT2D eigenvalue weighted by molar-refractivity contribution is 7.18.